The van der Waals surface area contributed by atoms with Gasteiger partial charge in [-0.25, -0.2) is 0 Å². The highest BCUT2D eigenvalue weighted by atomic mass is 16.5. The molecule has 4 fully saturated rings. The normalized spacial score (nSPS) is 38.0. The van der Waals surface area contributed by atoms with Gasteiger partial charge in [0.15, 0.2) is 0 Å². The van der Waals surface area contributed by atoms with Crippen molar-refractivity contribution in [3.63, 3.8) is 0 Å². The first-order valence-electron chi connectivity index (χ1n) is 8.85. The number of fused-ring (bicyclic) bond motifs is 3. The molecule has 0 aromatic carbocycles. The van der Waals surface area contributed by atoms with Crippen LogP contribution in [0, 0.1) is 11.3 Å². The predicted molar refractivity (Wildman–Crippen MR) is 84.5 cm³/mol. The van der Waals surface area contributed by atoms with Crippen LogP contribution >= 0.6 is 0 Å². The maximum atomic E-state index is 12.8. The van der Waals surface area contributed by atoms with Crippen LogP contribution in [0.1, 0.15) is 79.1 Å². The molecule has 3 saturated carbocycles. The third-order valence-electron chi connectivity index (χ3n) is 6.40. The van der Waals surface area contributed by atoms with Crippen LogP contribution in [0.15, 0.2) is 0 Å². The Morgan fingerprint density at radius 2 is 1.45 bits per heavy atom. The molecule has 4 nitrogen and oxygen atoms in total. The number of hydrogen-bond acceptors (Lipinski definition) is 4. The third-order valence-corrected chi connectivity index (χ3v) is 6.40. The summed E-state index contributed by atoms with van der Waals surface area (Å²) in [6, 6.07) is 0. The van der Waals surface area contributed by atoms with E-state index >= 15 is 0 Å². The van der Waals surface area contributed by atoms with E-state index in [4.69, 9.17) is 4.74 Å². The molecule has 2 bridgehead atoms. The molecule has 3 aliphatic carbocycles. The van der Waals surface area contributed by atoms with Crippen LogP contribution < -0.4 is 0 Å². The van der Waals surface area contributed by atoms with Gasteiger partial charge in [-0.2, -0.15) is 5.06 Å². The minimum atomic E-state index is -0.366. The Kier molecular flexibility index (Phi) is 3.84. The van der Waals surface area contributed by atoms with Gasteiger partial charge < -0.3 is 9.94 Å². The molecule has 0 radical (unpaired) electrons. The first-order valence-corrected chi connectivity index (χ1v) is 8.85. The highest BCUT2D eigenvalue weighted by Gasteiger charge is 2.50. The number of rotatable bonds is 2. The molecular weight excluding hydrogens is 278 g/mol. The minimum absolute atomic E-state index is 0.0358. The van der Waals surface area contributed by atoms with Crippen molar-refractivity contribution >= 4 is 5.97 Å². The zero-order valence-electron chi connectivity index (χ0n) is 14.5. The zero-order valence-corrected chi connectivity index (χ0v) is 14.5. The van der Waals surface area contributed by atoms with Crippen molar-refractivity contribution in [2.24, 2.45) is 11.3 Å². The first-order chi connectivity index (χ1) is 10.1. The highest BCUT2D eigenvalue weighted by Crippen LogP contribution is 2.51. The monoisotopic (exact) mass is 309 g/mol. The quantitative estimate of drug-likeness (QED) is 0.786. The van der Waals surface area contributed by atoms with Crippen LogP contribution in [0.3, 0.4) is 0 Å². The summed E-state index contributed by atoms with van der Waals surface area (Å²) in [5, 5.41) is 11.8. The summed E-state index contributed by atoms with van der Waals surface area (Å²) < 4.78 is 5.99. The van der Waals surface area contributed by atoms with Gasteiger partial charge in [0.1, 0.15) is 6.10 Å². The lowest BCUT2D eigenvalue weighted by Gasteiger charge is -2.52. The van der Waals surface area contributed by atoms with Crippen molar-refractivity contribution in [3.8, 4) is 0 Å². The van der Waals surface area contributed by atoms with Gasteiger partial charge in [-0.3, -0.25) is 4.79 Å². The smallest absolute Gasteiger partial charge is 0.312 e. The molecule has 4 aliphatic rings. The van der Waals surface area contributed by atoms with Gasteiger partial charge in [-0.1, -0.05) is 0 Å². The number of piperidine rings is 1. The molecule has 0 amide bonds. The molecule has 4 heteroatoms. The molecule has 0 atom stereocenters. The molecule has 22 heavy (non-hydrogen) atoms. The SMILES string of the molecule is CC1(C)CC(OC(=O)C23CCC(CC2)CC3)CC(C)(C)N1O. The van der Waals surface area contributed by atoms with Gasteiger partial charge in [0.25, 0.3) is 0 Å². The lowest BCUT2D eigenvalue weighted by Crippen LogP contribution is -2.61. The number of nitrogens with zero attached hydrogens (tertiary/aromatic N) is 1. The van der Waals surface area contributed by atoms with Crippen molar-refractivity contribution in [2.45, 2.75) is 96.2 Å². The fourth-order valence-electron chi connectivity index (χ4n) is 5.09. The average molecular weight is 309 g/mol. The van der Waals surface area contributed by atoms with Crippen LogP contribution in [0.5, 0.6) is 0 Å². The number of esters is 1. The fourth-order valence-corrected chi connectivity index (χ4v) is 5.09. The number of carbonyl (C=O) groups excluding carboxylic acids is 1. The predicted octanol–water partition coefficient (Wildman–Crippen LogP) is 3.91. The largest absolute Gasteiger partial charge is 0.462 e. The molecule has 0 unspecified atom stereocenters. The Hall–Kier alpha value is -0.610. The molecule has 1 saturated heterocycles. The molecule has 1 heterocycles. The number of hydrogen-bond donors (Lipinski definition) is 1. The molecular formula is C18H31NO3. The van der Waals surface area contributed by atoms with E-state index in [0.29, 0.717) is 12.8 Å². The zero-order chi connectivity index (χ0) is 16.2. The second-order valence-electron chi connectivity index (χ2n) is 9.13. The standard InChI is InChI=1S/C18H31NO3/c1-16(2)11-14(12-17(3,4)19(16)21)22-15(20)18-8-5-13(6-9-18)7-10-18/h13-14,21H,5-12H2,1-4H3. The Labute approximate surface area is 134 Å². The summed E-state index contributed by atoms with van der Waals surface area (Å²) in [6.45, 7) is 8.05. The van der Waals surface area contributed by atoms with E-state index in [1.807, 2.05) is 27.7 Å². The lowest BCUT2D eigenvalue weighted by atomic mass is 9.61. The van der Waals surface area contributed by atoms with Gasteiger partial charge in [-0.05, 0) is 72.1 Å². The van der Waals surface area contributed by atoms with Crippen molar-refractivity contribution < 1.29 is 14.7 Å². The average Bonchev–Trinajstić information content (AvgIpc) is 2.46. The Morgan fingerprint density at radius 1 is 1.00 bits per heavy atom. The number of hydroxylamine groups is 2. The number of carbonyl (C=O) groups is 1. The van der Waals surface area contributed by atoms with Crippen molar-refractivity contribution in [3.05, 3.63) is 0 Å². The second-order valence-corrected chi connectivity index (χ2v) is 9.13. The molecule has 4 rings (SSSR count). The first kappa shape index (κ1) is 16.3. The molecule has 0 aromatic heterocycles. The second kappa shape index (κ2) is 5.20. The molecule has 0 spiro atoms. The van der Waals surface area contributed by atoms with E-state index in [9.17, 15) is 10.0 Å². The summed E-state index contributed by atoms with van der Waals surface area (Å²) >= 11 is 0. The molecule has 1 aliphatic heterocycles. The van der Waals surface area contributed by atoms with E-state index in [-0.39, 0.29) is 28.6 Å². The summed E-state index contributed by atoms with van der Waals surface area (Å²) in [4.78, 5) is 12.8. The summed E-state index contributed by atoms with van der Waals surface area (Å²) in [7, 11) is 0. The lowest BCUT2D eigenvalue weighted by molar-refractivity contribution is -0.261. The Bertz CT molecular complexity index is 417. The van der Waals surface area contributed by atoms with Crippen LogP contribution in [-0.2, 0) is 9.53 Å². The van der Waals surface area contributed by atoms with Gasteiger partial charge in [0, 0.05) is 23.9 Å². The van der Waals surface area contributed by atoms with Crippen LogP contribution in [-0.4, -0.2) is 33.4 Å². The van der Waals surface area contributed by atoms with Gasteiger partial charge >= 0.3 is 5.97 Å². The topological polar surface area (TPSA) is 49.8 Å². The summed E-state index contributed by atoms with van der Waals surface area (Å²) in [5.41, 5.74) is -0.928. The Balaban J connectivity index is 1.69. The molecule has 126 valence electrons. The van der Waals surface area contributed by atoms with E-state index < -0.39 is 0 Å². The van der Waals surface area contributed by atoms with E-state index in [0.717, 1.165) is 25.2 Å². The van der Waals surface area contributed by atoms with Crippen LogP contribution in [0.25, 0.3) is 0 Å². The van der Waals surface area contributed by atoms with Crippen molar-refractivity contribution in [2.75, 3.05) is 0 Å². The van der Waals surface area contributed by atoms with Crippen LogP contribution in [0.4, 0.5) is 0 Å². The fraction of sp³-hybridized carbons (Fsp3) is 0.944. The van der Waals surface area contributed by atoms with Crippen molar-refractivity contribution in [1.82, 2.24) is 5.06 Å². The molecule has 1 N–H and O–H groups in total. The third kappa shape index (κ3) is 2.69. The number of ether oxygens (including phenoxy) is 1. The van der Waals surface area contributed by atoms with Gasteiger partial charge in [0.2, 0.25) is 0 Å². The maximum Gasteiger partial charge on any atom is 0.312 e. The van der Waals surface area contributed by atoms with E-state index in [2.05, 4.69) is 0 Å². The summed E-state index contributed by atoms with van der Waals surface area (Å²) in [5.74, 6) is 0.888. The minimum Gasteiger partial charge on any atom is -0.462 e. The highest BCUT2D eigenvalue weighted by molar-refractivity contribution is 5.77. The Morgan fingerprint density at radius 3 is 1.91 bits per heavy atom. The van der Waals surface area contributed by atoms with Gasteiger partial charge in [-0.15, -0.1) is 0 Å². The molecule has 0 aromatic rings. The van der Waals surface area contributed by atoms with Crippen LogP contribution in [0.2, 0.25) is 0 Å². The van der Waals surface area contributed by atoms with E-state index in [1.165, 1.54) is 24.3 Å². The maximum absolute atomic E-state index is 12.8. The summed E-state index contributed by atoms with van der Waals surface area (Å²) in [6.07, 6.45) is 7.93. The van der Waals surface area contributed by atoms with Gasteiger partial charge in [0.05, 0.1) is 5.41 Å². The van der Waals surface area contributed by atoms with E-state index in [1.54, 1.807) is 0 Å². The van der Waals surface area contributed by atoms with Crippen molar-refractivity contribution in [1.29, 1.82) is 0 Å².